The van der Waals surface area contributed by atoms with Crippen LogP contribution in [0.1, 0.15) is 24.5 Å². The monoisotopic (exact) mass is 241 g/mol. The molecule has 1 rings (SSSR count). The van der Waals surface area contributed by atoms with Crippen LogP contribution in [0.25, 0.3) is 0 Å². The van der Waals surface area contributed by atoms with Gasteiger partial charge >= 0.3 is 0 Å². The molecule has 0 amide bonds. The lowest BCUT2D eigenvalue weighted by Crippen LogP contribution is -2.15. The Balaban J connectivity index is 2.71. The third-order valence-electron chi connectivity index (χ3n) is 2.25. The number of hydrogen-bond acceptors (Lipinski definition) is 1. The molecule has 0 heterocycles. The fourth-order valence-electron chi connectivity index (χ4n) is 1.31. The van der Waals surface area contributed by atoms with Gasteiger partial charge in [-0.05, 0) is 43.9 Å². The molecule has 0 aromatic heterocycles. The van der Waals surface area contributed by atoms with Crippen molar-refractivity contribution in [1.82, 2.24) is 0 Å². The second-order valence-electron chi connectivity index (χ2n) is 3.54. The summed E-state index contributed by atoms with van der Waals surface area (Å²) in [5.74, 6) is 0. The lowest BCUT2D eigenvalue weighted by molar-refractivity contribution is 0.664. The molecular weight excluding hydrogens is 226 g/mol. The van der Waals surface area contributed by atoms with Gasteiger partial charge in [-0.3, -0.25) is 0 Å². The van der Waals surface area contributed by atoms with Gasteiger partial charge < -0.3 is 5.73 Å². The molecule has 72 valence electrons. The molecule has 0 aliphatic rings. The van der Waals surface area contributed by atoms with E-state index in [-0.39, 0.29) is 0 Å². The molecule has 1 aromatic carbocycles. The number of rotatable bonds is 3. The molecule has 0 spiro atoms. The van der Waals surface area contributed by atoms with Gasteiger partial charge in [-0.1, -0.05) is 28.1 Å². The summed E-state index contributed by atoms with van der Waals surface area (Å²) in [5.41, 5.74) is 8.45. The zero-order valence-electron chi connectivity index (χ0n) is 8.18. The van der Waals surface area contributed by atoms with E-state index in [9.17, 15) is 0 Å². The zero-order chi connectivity index (χ0) is 9.84. The Morgan fingerprint density at radius 3 is 2.77 bits per heavy atom. The lowest BCUT2D eigenvalue weighted by atomic mass is 10.0. The van der Waals surface area contributed by atoms with Crippen LogP contribution in [0, 0.1) is 6.92 Å². The maximum absolute atomic E-state index is 5.72. The molecular formula is C11H16BrN. The predicted molar refractivity (Wildman–Crippen MR) is 60.8 cm³/mol. The Bertz CT molecular complexity index is 281. The van der Waals surface area contributed by atoms with E-state index < -0.39 is 0 Å². The molecule has 2 N–H and O–H groups in total. The van der Waals surface area contributed by atoms with Gasteiger partial charge in [0.15, 0.2) is 0 Å². The summed E-state index contributed by atoms with van der Waals surface area (Å²) in [6.45, 7) is 4.19. The Morgan fingerprint density at radius 2 is 2.15 bits per heavy atom. The van der Waals surface area contributed by atoms with Crippen LogP contribution in [0.4, 0.5) is 0 Å². The van der Waals surface area contributed by atoms with Crippen molar-refractivity contribution in [2.24, 2.45) is 5.73 Å². The van der Waals surface area contributed by atoms with Gasteiger partial charge in [0.25, 0.3) is 0 Å². The number of halogens is 1. The molecule has 0 aliphatic heterocycles. The summed E-state index contributed by atoms with van der Waals surface area (Å²) in [5, 5.41) is 0. The van der Waals surface area contributed by atoms with Crippen molar-refractivity contribution < 1.29 is 0 Å². The van der Waals surface area contributed by atoms with Crippen LogP contribution in [0.5, 0.6) is 0 Å². The first-order valence-corrected chi connectivity index (χ1v) is 5.40. The molecule has 1 nitrogen and oxygen atoms in total. The van der Waals surface area contributed by atoms with Gasteiger partial charge in [0.05, 0.1) is 0 Å². The normalized spacial score (nSPS) is 12.9. The minimum atomic E-state index is 0.290. The molecule has 0 saturated heterocycles. The summed E-state index contributed by atoms with van der Waals surface area (Å²) in [4.78, 5) is 0. The van der Waals surface area contributed by atoms with Crippen LogP contribution >= 0.6 is 15.9 Å². The fourth-order valence-corrected chi connectivity index (χ4v) is 1.71. The highest BCUT2D eigenvalue weighted by atomic mass is 79.9. The average Bonchev–Trinajstić information content (AvgIpc) is 2.07. The van der Waals surface area contributed by atoms with Crippen molar-refractivity contribution in [3.63, 3.8) is 0 Å². The molecule has 0 unspecified atom stereocenters. The van der Waals surface area contributed by atoms with Crippen molar-refractivity contribution in [1.29, 1.82) is 0 Å². The molecule has 0 bridgehead atoms. The summed E-state index contributed by atoms with van der Waals surface area (Å²) in [6, 6.07) is 6.61. The van der Waals surface area contributed by atoms with Crippen LogP contribution in [-0.4, -0.2) is 6.04 Å². The number of hydrogen-bond donors (Lipinski definition) is 1. The van der Waals surface area contributed by atoms with E-state index in [1.54, 1.807) is 0 Å². The smallest absolute Gasteiger partial charge is 0.0207 e. The number of aryl methyl sites for hydroxylation is 1. The maximum atomic E-state index is 5.72. The molecule has 0 fully saturated rings. The Kier molecular flexibility index (Phi) is 3.94. The van der Waals surface area contributed by atoms with Crippen LogP contribution < -0.4 is 5.73 Å². The first-order chi connectivity index (χ1) is 6.11. The molecule has 2 heteroatoms. The number of benzene rings is 1. The van der Waals surface area contributed by atoms with Gasteiger partial charge in [-0.15, -0.1) is 0 Å². The molecule has 0 saturated carbocycles. The van der Waals surface area contributed by atoms with Crippen molar-refractivity contribution in [2.45, 2.75) is 32.7 Å². The Hall–Kier alpha value is -0.340. The predicted octanol–water partition coefficient (Wildman–Crippen LogP) is 3.04. The topological polar surface area (TPSA) is 26.0 Å². The highest BCUT2D eigenvalue weighted by molar-refractivity contribution is 9.10. The van der Waals surface area contributed by atoms with Gasteiger partial charge in [-0.25, -0.2) is 0 Å². The molecule has 1 aromatic rings. The quantitative estimate of drug-likeness (QED) is 0.866. The first kappa shape index (κ1) is 10.7. The highest BCUT2D eigenvalue weighted by Gasteiger charge is 2.02. The average molecular weight is 242 g/mol. The molecule has 0 aliphatic carbocycles. The third-order valence-corrected chi connectivity index (χ3v) is 3.11. The van der Waals surface area contributed by atoms with Crippen LogP contribution in [0.3, 0.4) is 0 Å². The Labute approximate surface area is 88.5 Å². The van der Waals surface area contributed by atoms with Gasteiger partial charge in [0.2, 0.25) is 0 Å². The lowest BCUT2D eigenvalue weighted by Gasteiger charge is -2.08. The number of nitrogens with two attached hydrogens (primary N) is 1. The van der Waals surface area contributed by atoms with Gasteiger partial charge in [0, 0.05) is 10.5 Å². The first-order valence-electron chi connectivity index (χ1n) is 4.61. The van der Waals surface area contributed by atoms with E-state index in [4.69, 9.17) is 5.73 Å². The third kappa shape index (κ3) is 3.12. The largest absolute Gasteiger partial charge is 0.328 e. The van der Waals surface area contributed by atoms with E-state index in [0.29, 0.717) is 6.04 Å². The van der Waals surface area contributed by atoms with Crippen LogP contribution in [0.2, 0.25) is 0 Å². The summed E-state index contributed by atoms with van der Waals surface area (Å²) in [6.07, 6.45) is 2.13. The highest BCUT2D eigenvalue weighted by Crippen LogP contribution is 2.20. The summed E-state index contributed by atoms with van der Waals surface area (Å²) >= 11 is 3.52. The second kappa shape index (κ2) is 4.77. The molecule has 0 radical (unpaired) electrons. The van der Waals surface area contributed by atoms with Crippen molar-refractivity contribution in [2.75, 3.05) is 0 Å². The van der Waals surface area contributed by atoms with Crippen LogP contribution in [-0.2, 0) is 6.42 Å². The zero-order valence-corrected chi connectivity index (χ0v) is 9.76. The van der Waals surface area contributed by atoms with E-state index in [2.05, 4.69) is 41.1 Å². The summed E-state index contributed by atoms with van der Waals surface area (Å²) < 4.78 is 1.19. The SMILES string of the molecule is Cc1c(Br)cccc1CC[C@@H](C)N. The van der Waals surface area contributed by atoms with E-state index in [1.165, 1.54) is 15.6 Å². The standard InChI is InChI=1S/C11H16BrN/c1-8(13)6-7-10-4-3-5-11(12)9(10)2/h3-5,8H,6-7,13H2,1-2H3/t8-/m1/s1. The molecule has 13 heavy (non-hydrogen) atoms. The van der Waals surface area contributed by atoms with E-state index in [0.717, 1.165) is 12.8 Å². The molecule has 1 atom stereocenters. The van der Waals surface area contributed by atoms with Crippen LogP contribution in [0.15, 0.2) is 22.7 Å². The maximum Gasteiger partial charge on any atom is 0.0207 e. The Morgan fingerprint density at radius 1 is 1.46 bits per heavy atom. The van der Waals surface area contributed by atoms with Gasteiger partial charge in [0.1, 0.15) is 0 Å². The minimum Gasteiger partial charge on any atom is -0.328 e. The fraction of sp³-hybridized carbons (Fsp3) is 0.455. The van der Waals surface area contributed by atoms with E-state index in [1.807, 2.05) is 6.92 Å². The van der Waals surface area contributed by atoms with Gasteiger partial charge in [-0.2, -0.15) is 0 Å². The van der Waals surface area contributed by atoms with Crippen molar-refractivity contribution in [3.8, 4) is 0 Å². The summed E-state index contributed by atoms with van der Waals surface area (Å²) in [7, 11) is 0. The van der Waals surface area contributed by atoms with Crippen molar-refractivity contribution in [3.05, 3.63) is 33.8 Å². The van der Waals surface area contributed by atoms with E-state index >= 15 is 0 Å². The second-order valence-corrected chi connectivity index (χ2v) is 4.39. The van der Waals surface area contributed by atoms with Crippen molar-refractivity contribution >= 4 is 15.9 Å². The minimum absolute atomic E-state index is 0.290.